The van der Waals surface area contributed by atoms with E-state index in [2.05, 4.69) is 60.7 Å². The van der Waals surface area contributed by atoms with Gasteiger partial charge in [-0.3, -0.25) is 0 Å². The number of rotatable bonds is 3. The van der Waals surface area contributed by atoms with Crippen molar-refractivity contribution in [2.75, 3.05) is 0 Å². The van der Waals surface area contributed by atoms with Crippen LogP contribution in [-0.2, 0) is 5.41 Å². The summed E-state index contributed by atoms with van der Waals surface area (Å²) in [6.45, 7) is 0. The zero-order valence-electron chi connectivity index (χ0n) is 23.4. The first-order valence-electron chi connectivity index (χ1n) is 15.3. The van der Waals surface area contributed by atoms with Crippen molar-refractivity contribution in [3.63, 3.8) is 0 Å². The van der Waals surface area contributed by atoms with E-state index in [4.69, 9.17) is 15.0 Å². The molecule has 4 nitrogen and oxygen atoms in total. The fourth-order valence-electron chi connectivity index (χ4n) is 9.44. The maximum atomic E-state index is 9.96. The van der Waals surface area contributed by atoms with Gasteiger partial charge in [-0.25, -0.2) is 15.0 Å². The molecule has 42 heavy (non-hydrogen) atoms. The van der Waals surface area contributed by atoms with Crippen LogP contribution in [0.25, 0.3) is 45.3 Å². The number of nitriles is 1. The molecule has 1 spiro atoms. The van der Waals surface area contributed by atoms with E-state index in [1.54, 1.807) is 0 Å². The van der Waals surface area contributed by atoms with Crippen LogP contribution in [0, 0.1) is 35.0 Å². The third kappa shape index (κ3) is 3.31. The lowest BCUT2D eigenvalue weighted by Crippen LogP contribution is -2.55. The lowest BCUT2D eigenvalue weighted by atomic mass is 9.43. The summed E-state index contributed by atoms with van der Waals surface area (Å²) < 4.78 is 0. The van der Waals surface area contributed by atoms with E-state index in [1.807, 2.05) is 42.5 Å². The molecule has 1 aromatic heterocycles. The third-order valence-electron chi connectivity index (χ3n) is 10.7. The van der Waals surface area contributed by atoms with Crippen molar-refractivity contribution in [1.82, 2.24) is 15.0 Å². The maximum absolute atomic E-state index is 9.96. The molecule has 5 aliphatic rings. The Morgan fingerprint density at radius 1 is 0.571 bits per heavy atom. The average Bonchev–Trinajstić information content (AvgIpc) is 3.34. The highest BCUT2D eigenvalue weighted by molar-refractivity contribution is 5.88. The lowest BCUT2D eigenvalue weighted by molar-refractivity contribution is -0.0397. The van der Waals surface area contributed by atoms with Gasteiger partial charge in [0.2, 0.25) is 0 Å². The van der Waals surface area contributed by atoms with E-state index in [9.17, 15) is 5.26 Å². The number of benzene rings is 4. The van der Waals surface area contributed by atoms with Crippen LogP contribution in [0.3, 0.4) is 0 Å². The van der Waals surface area contributed by atoms with Crippen molar-refractivity contribution in [2.45, 2.75) is 37.5 Å². The lowest BCUT2D eigenvalue weighted by Gasteiger charge is -2.61. The number of hydrogen-bond acceptors (Lipinski definition) is 4. The third-order valence-corrected chi connectivity index (χ3v) is 10.7. The highest BCUT2D eigenvalue weighted by Crippen LogP contribution is 2.70. The van der Waals surface area contributed by atoms with E-state index in [0.717, 1.165) is 39.9 Å². The topological polar surface area (TPSA) is 62.5 Å². The van der Waals surface area contributed by atoms with Gasteiger partial charge in [-0.15, -0.1) is 0 Å². The van der Waals surface area contributed by atoms with Crippen molar-refractivity contribution in [2.24, 2.45) is 23.7 Å². The molecule has 4 bridgehead atoms. The Kier molecular flexibility index (Phi) is 5.11. The zero-order valence-corrected chi connectivity index (χ0v) is 23.4. The van der Waals surface area contributed by atoms with Crippen LogP contribution < -0.4 is 0 Å². The van der Waals surface area contributed by atoms with E-state index in [1.165, 1.54) is 54.4 Å². The molecule has 0 amide bonds. The highest BCUT2D eigenvalue weighted by atomic mass is 15.0. The fourth-order valence-corrected chi connectivity index (χ4v) is 9.44. The van der Waals surface area contributed by atoms with Crippen LogP contribution in [0.1, 0.15) is 48.8 Å². The molecule has 1 heterocycles. The van der Waals surface area contributed by atoms with Gasteiger partial charge in [0.25, 0.3) is 0 Å². The standard InChI is InChI=1S/C38H30N4/c39-22-23-14-15-30-31-12-7-13-32(34(31)38(33(30)21-23)28-17-24-16-25(19-28)20-29(38)18-24)37-41-35(26-8-3-1-4-9-26)40-36(42-37)27-10-5-2-6-11-27/h1-15,21,24-25,28-29H,16-20H2. The van der Waals surface area contributed by atoms with E-state index in [0.29, 0.717) is 23.5 Å². The Bertz CT molecular complexity index is 1820. The number of fused-ring (bicyclic) bond motifs is 3. The van der Waals surface area contributed by atoms with Crippen LogP contribution in [0.15, 0.2) is 97.1 Å². The Morgan fingerprint density at radius 3 is 1.74 bits per heavy atom. The summed E-state index contributed by atoms with van der Waals surface area (Å²) in [6, 6.07) is 36.0. The molecule has 4 saturated carbocycles. The minimum atomic E-state index is -0.103. The molecule has 0 unspecified atom stereocenters. The average molecular weight is 543 g/mol. The molecular weight excluding hydrogens is 512 g/mol. The second kappa shape index (κ2) is 8.94. The summed E-state index contributed by atoms with van der Waals surface area (Å²) in [6.07, 6.45) is 6.51. The van der Waals surface area contributed by atoms with Crippen molar-refractivity contribution in [3.05, 3.63) is 114 Å². The normalized spacial score (nSPS) is 26.2. The summed E-state index contributed by atoms with van der Waals surface area (Å²) in [4.78, 5) is 15.4. The van der Waals surface area contributed by atoms with Gasteiger partial charge in [0.1, 0.15) is 0 Å². The molecule has 4 aromatic carbocycles. The quantitative estimate of drug-likeness (QED) is 0.229. The van der Waals surface area contributed by atoms with Gasteiger partial charge in [-0.2, -0.15) is 5.26 Å². The first-order valence-corrected chi connectivity index (χ1v) is 15.3. The first-order chi connectivity index (χ1) is 20.7. The van der Waals surface area contributed by atoms with E-state index >= 15 is 0 Å². The second-order valence-corrected chi connectivity index (χ2v) is 12.8. The van der Waals surface area contributed by atoms with Crippen LogP contribution >= 0.6 is 0 Å². The monoisotopic (exact) mass is 542 g/mol. The van der Waals surface area contributed by atoms with Crippen molar-refractivity contribution >= 4 is 0 Å². The molecule has 10 rings (SSSR count). The van der Waals surface area contributed by atoms with Crippen LogP contribution in [0.2, 0.25) is 0 Å². The minimum Gasteiger partial charge on any atom is -0.208 e. The molecular formula is C38H30N4. The Hall–Kier alpha value is -4.62. The SMILES string of the molecule is N#Cc1ccc2c(c1)C1(c3c(-c4nc(-c5ccccc5)nc(-c5ccccc5)n4)cccc3-2)C2CC3CC(C2)CC1C3. The molecule has 0 radical (unpaired) electrons. The first kappa shape index (κ1) is 24.0. The largest absolute Gasteiger partial charge is 0.208 e. The second-order valence-electron chi connectivity index (χ2n) is 12.8. The number of nitrogens with zero attached hydrogens (tertiary/aromatic N) is 4. The molecule has 4 fully saturated rings. The predicted molar refractivity (Wildman–Crippen MR) is 164 cm³/mol. The summed E-state index contributed by atoms with van der Waals surface area (Å²) in [5.41, 5.74) is 9.09. The van der Waals surface area contributed by atoms with Gasteiger partial charge in [0, 0.05) is 22.1 Å². The van der Waals surface area contributed by atoms with Gasteiger partial charge >= 0.3 is 0 Å². The van der Waals surface area contributed by atoms with Gasteiger partial charge in [0.05, 0.1) is 11.6 Å². The van der Waals surface area contributed by atoms with Crippen LogP contribution in [0.5, 0.6) is 0 Å². The maximum Gasteiger partial charge on any atom is 0.164 e. The van der Waals surface area contributed by atoms with Crippen LogP contribution in [0.4, 0.5) is 0 Å². The fraction of sp³-hybridized carbons (Fsp3) is 0.263. The number of hydrogen-bond donors (Lipinski definition) is 0. The zero-order chi connectivity index (χ0) is 27.8. The summed E-state index contributed by atoms with van der Waals surface area (Å²) in [5, 5.41) is 9.96. The van der Waals surface area contributed by atoms with Gasteiger partial charge < -0.3 is 0 Å². The molecule has 4 heteroatoms. The van der Waals surface area contributed by atoms with Crippen molar-refractivity contribution in [1.29, 1.82) is 5.26 Å². The molecule has 202 valence electrons. The Morgan fingerprint density at radius 2 is 1.14 bits per heavy atom. The summed E-state index contributed by atoms with van der Waals surface area (Å²) in [5.74, 6) is 4.95. The van der Waals surface area contributed by atoms with Crippen molar-refractivity contribution in [3.8, 4) is 51.4 Å². The predicted octanol–water partition coefficient (Wildman–Crippen LogP) is 8.47. The van der Waals surface area contributed by atoms with Gasteiger partial charge in [0.15, 0.2) is 17.5 Å². The van der Waals surface area contributed by atoms with E-state index in [-0.39, 0.29) is 5.41 Å². The molecule has 0 aliphatic heterocycles. The van der Waals surface area contributed by atoms with Gasteiger partial charge in [-0.05, 0) is 90.2 Å². The smallest absolute Gasteiger partial charge is 0.164 e. The van der Waals surface area contributed by atoms with Gasteiger partial charge in [-0.1, -0.05) is 84.9 Å². The summed E-state index contributed by atoms with van der Waals surface area (Å²) in [7, 11) is 0. The summed E-state index contributed by atoms with van der Waals surface area (Å²) >= 11 is 0. The Labute approximate surface area is 246 Å². The highest BCUT2D eigenvalue weighted by Gasteiger charge is 2.62. The minimum absolute atomic E-state index is 0.103. The van der Waals surface area contributed by atoms with E-state index < -0.39 is 0 Å². The molecule has 0 atom stereocenters. The Balaban J connectivity index is 1.33. The molecule has 0 N–H and O–H groups in total. The van der Waals surface area contributed by atoms with Crippen LogP contribution in [-0.4, -0.2) is 15.0 Å². The van der Waals surface area contributed by atoms with Crippen molar-refractivity contribution < 1.29 is 0 Å². The molecule has 5 aliphatic carbocycles. The number of aromatic nitrogens is 3. The molecule has 5 aromatic rings. The molecule has 0 saturated heterocycles.